The van der Waals surface area contributed by atoms with Gasteiger partial charge in [-0.05, 0) is 6.07 Å². The molecule has 2 heterocycles. The SMILES string of the molecule is O=Cc1cnc2cnccc2n1. The van der Waals surface area contributed by atoms with Crippen molar-refractivity contribution in [3.05, 3.63) is 30.4 Å². The quantitative estimate of drug-likeness (QED) is 0.578. The van der Waals surface area contributed by atoms with Crippen LogP contribution >= 0.6 is 0 Å². The summed E-state index contributed by atoms with van der Waals surface area (Å²) in [6, 6.07) is 1.72. The van der Waals surface area contributed by atoms with E-state index in [0.717, 1.165) is 0 Å². The van der Waals surface area contributed by atoms with Gasteiger partial charge in [-0.1, -0.05) is 0 Å². The molecule has 0 aliphatic carbocycles. The van der Waals surface area contributed by atoms with Gasteiger partial charge in [-0.3, -0.25) is 14.8 Å². The number of pyridine rings is 1. The molecule has 0 amide bonds. The average Bonchev–Trinajstić information content (AvgIpc) is 2.17. The number of aldehydes is 1. The molecule has 0 bridgehead atoms. The summed E-state index contributed by atoms with van der Waals surface area (Å²) in [4.78, 5) is 22.2. The Morgan fingerprint density at radius 3 is 3.00 bits per heavy atom. The highest BCUT2D eigenvalue weighted by molar-refractivity contribution is 5.78. The molecule has 0 unspecified atom stereocenters. The van der Waals surface area contributed by atoms with Crippen molar-refractivity contribution < 1.29 is 4.79 Å². The standard InChI is InChI=1S/C8H5N3O/c12-5-6-3-10-8-4-9-2-1-7(8)11-6/h1-5H. The van der Waals surface area contributed by atoms with E-state index in [1.165, 1.54) is 6.20 Å². The lowest BCUT2D eigenvalue weighted by molar-refractivity contribution is 0.111. The predicted octanol–water partition coefficient (Wildman–Crippen LogP) is 0.837. The molecule has 0 radical (unpaired) electrons. The van der Waals surface area contributed by atoms with Crippen molar-refractivity contribution >= 4 is 17.3 Å². The first kappa shape index (κ1) is 6.84. The van der Waals surface area contributed by atoms with Crippen molar-refractivity contribution in [1.29, 1.82) is 0 Å². The molecule has 0 N–H and O–H groups in total. The van der Waals surface area contributed by atoms with Crippen LogP contribution in [0.25, 0.3) is 11.0 Å². The number of rotatable bonds is 1. The van der Waals surface area contributed by atoms with Gasteiger partial charge in [0, 0.05) is 6.20 Å². The van der Waals surface area contributed by atoms with Crippen LogP contribution in [0, 0.1) is 0 Å². The molecule has 0 atom stereocenters. The van der Waals surface area contributed by atoms with Crippen LogP contribution in [0.3, 0.4) is 0 Å². The highest BCUT2D eigenvalue weighted by Crippen LogP contribution is 2.04. The molecule has 4 heteroatoms. The van der Waals surface area contributed by atoms with E-state index in [9.17, 15) is 4.79 Å². The minimum absolute atomic E-state index is 0.341. The van der Waals surface area contributed by atoms with Gasteiger partial charge in [0.2, 0.25) is 0 Å². The lowest BCUT2D eigenvalue weighted by Gasteiger charge is -1.93. The van der Waals surface area contributed by atoms with E-state index >= 15 is 0 Å². The summed E-state index contributed by atoms with van der Waals surface area (Å²) in [7, 11) is 0. The molecular formula is C8H5N3O. The molecule has 58 valence electrons. The van der Waals surface area contributed by atoms with Crippen LogP contribution in [0.5, 0.6) is 0 Å². The van der Waals surface area contributed by atoms with Gasteiger partial charge in [-0.15, -0.1) is 0 Å². The van der Waals surface area contributed by atoms with Gasteiger partial charge < -0.3 is 0 Å². The normalized spacial score (nSPS) is 10.0. The molecule has 0 fully saturated rings. The first-order valence-electron chi connectivity index (χ1n) is 3.42. The lowest BCUT2D eigenvalue weighted by Crippen LogP contribution is -1.90. The fourth-order valence-electron chi connectivity index (χ4n) is 0.933. The number of hydrogen-bond acceptors (Lipinski definition) is 4. The average molecular weight is 159 g/mol. The summed E-state index contributed by atoms with van der Waals surface area (Å²) in [5.74, 6) is 0. The fraction of sp³-hybridized carbons (Fsp3) is 0. The number of aromatic nitrogens is 3. The maximum absolute atomic E-state index is 10.3. The Morgan fingerprint density at radius 2 is 2.17 bits per heavy atom. The molecule has 0 spiro atoms. The van der Waals surface area contributed by atoms with Crippen molar-refractivity contribution in [3.8, 4) is 0 Å². The monoisotopic (exact) mass is 159 g/mol. The van der Waals surface area contributed by atoms with Crippen LogP contribution in [0.1, 0.15) is 10.5 Å². The lowest BCUT2D eigenvalue weighted by atomic mass is 10.4. The van der Waals surface area contributed by atoms with E-state index in [2.05, 4.69) is 15.0 Å². The summed E-state index contributed by atoms with van der Waals surface area (Å²) < 4.78 is 0. The highest BCUT2D eigenvalue weighted by Gasteiger charge is 1.96. The van der Waals surface area contributed by atoms with Gasteiger partial charge in [-0.2, -0.15) is 0 Å². The molecule has 0 saturated heterocycles. The van der Waals surface area contributed by atoms with E-state index in [0.29, 0.717) is 23.0 Å². The minimum Gasteiger partial charge on any atom is -0.296 e. The smallest absolute Gasteiger partial charge is 0.170 e. The van der Waals surface area contributed by atoms with E-state index in [1.54, 1.807) is 18.5 Å². The molecule has 2 aromatic heterocycles. The van der Waals surface area contributed by atoms with E-state index < -0.39 is 0 Å². The third-order valence-electron chi connectivity index (χ3n) is 1.48. The molecule has 0 aliphatic rings. The summed E-state index contributed by atoms with van der Waals surface area (Å²) in [5.41, 5.74) is 1.73. The Bertz CT molecular complexity index is 427. The van der Waals surface area contributed by atoms with E-state index in [-0.39, 0.29) is 0 Å². The Labute approximate surface area is 68.3 Å². The minimum atomic E-state index is 0.341. The van der Waals surface area contributed by atoms with Crippen molar-refractivity contribution in [1.82, 2.24) is 15.0 Å². The van der Waals surface area contributed by atoms with Crippen molar-refractivity contribution in [2.75, 3.05) is 0 Å². The van der Waals surface area contributed by atoms with Crippen molar-refractivity contribution in [2.45, 2.75) is 0 Å². The van der Waals surface area contributed by atoms with Gasteiger partial charge in [0.05, 0.1) is 17.9 Å². The maximum atomic E-state index is 10.3. The van der Waals surface area contributed by atoms with Crippen LogP contribution in [-0.2, 0) is 0 Å². The summed E-state index contributed by atoms with van der Waals surface area (Å²) in [6.07, 6.45) is 5.33. The second-order valence-corrected chi connectivity index (χ2v) is 2.28. The first-order chi connectivity index (χ1) is 5.90. The zero-order valence-electron chi connectivity index (χ0n) is 6.14. The molecule has 2 rings (SSSR count). The van der Waals surface area contributed by atoms with Gasteiger partial charge in [-0.25, -0.2) is 4.98 Å². The predicted molar refractivity (Wildman–Crippen MR) is 42.7 cm³/mol. The number of carbonyl (C=O) groups excluding carboxylic acids is 1. The van der Waals surface area contributed by atoms with Gasteiger partial charge in [0.25, 0.3) is 0 Å². The molecule has 0 aromatic carbocycles. The third-order valence-corrected chi connectivity index (χ3v) is 1.48. The van der Waals surface area contributed by atoms with Crippen LogP contribution in [0.15, 0.2) is 24.7 Å². The zero-order chi connectivity index (χ0) is 8.39. The summed E-state index contributed by atoms with van der Waals surface area (Å²) in [6.45, 7) is 0. The maximum Gasteiger partial charge on any atom is 0.170 e. The number of carbonyl (C=O) groups is 1. The van der Waals surface area contributed by atoms with E-state index in [1.807, 2.05) is 0 Å². The Morgan fingerprint density at radius 1 is 1.25 bits per heavy atom. The second-order valence-electron chi connectivity index (χ2n) is 2.28. The fourth-order valence-corrected chi connectivity index (χ4v) is 0.933. The van der Waals surface area contributed by atoms with Crippen molar-refractivity contribution in [2.24, 2.45) is 0 Å². The number of nitrogens with zero attached hydrogens (tertiary/aromatic N) is 3. The Hall–Kier alpha value is -1.84. The van der Waals surface area contributed by atoms with Crippen molar-refractivity contribution in [3.63, 3.8) is 0 Å². The molecule has 12 heavy (non-hydrogen) atoms. The molecule has 4 nitrogen and oxygen atoms in total. The number of fused-ring (bicyclic) bond motifs is 1. The van der Waals surface area contributed by atoms with Gasteiger partial charge in [0.1, 0.15) is 11.2 Å². The molecule has 0 aliphatic heterocycles. The molecule has 2 aromatic rings. The number of hydrogen-bond donors (Lipinski definition) is 0. The van der Waals surface area contributed by atoms with Crippen LogP contribution < -0.4 is 0 Å². The zero-order valence-corrected chi connectivity index (χ0v) is 6.14. The Kier molecular flexibility index (Phi) is 1.51. The van der Waals surface area contributed by atoms with Gasteiger partial charge in [0.15, 0.2) is 6.29 Å². The van der Waals surface area contributed by atoms with Crippen LogP contribution in [0.2, 0.25) is 0 Å². The van der Waals surface area contributed by atoms with Gasteiger partial charge >= 0.3 is 0 Å². The topological polar surface area (TPSA) is 55.7 Å². The third kappa shape index (κ3) is 1.03. The largest absolute Gasteiger partial charge is 0.296 e. The summed E-state index contributed by atoms with van der Waals surface area (Å²) in [5, 5.41) is 0. The van der Waals surface area contributed by atoms with E-state index in [4.69, 9.17) is 0 Å². The Balaban J connectivity index is 2.75. The van der Waals surface area contributed by atoms with Crippen LogP contribution in [0.4, 0.5) is 0 Å². The summed E-state index contributed by atoms with van der Waals surface area (Å²) >= 11 is 0. The highest BCUT2D eigenvalue weighted by atomic mass is 16.1. The van der Waals surface area contributed by atoms with Crippen LogP contribution in [-0.4, -0.2) is 21.2 Å². The molecular weight excluding hydrogens is 154 g/mol. The first-order valence-corrected chi connectivity index (χ1v) is 3.42. The second kappa shape index (κ2) is 2.65. The molecule has 0 saturated carbocycles.